The Balaban J connectivity index is 1.42. The highest BCUT2D eigenvalue weighted by atomic mass is 35.5. The van der Waals surface area contributed by atoms with Gasteiger partial charge < -0.3 is 5.32 Å². The van der Waals surface area contributed by atoms with Crippen LogP contribution in [-0.4, -0.2) is 15.3 Å². The van der Waals surface area contributed by atoms with E-state index in [-0.39, 0.29) is 5.91 Å². The van der Waals surface area contributed by atoms with Crippen molar-refractivity contribution in [1.29, 1.82) is 0 Å². The van der Waals surface area contributed by atoms with Crippen LogP contribution in [0.4, 0.5) is 5.69 Å². The van der Waals surface area contributed by atoms with Crippen LogP contribution in [0.2, 0.25) is 5.15 Å². The molecule has 0 spiro atoms. The second-order valence-electron chi connectivity index (χ2n) is 6.01. The largest absolute Gasteiger partial charge is 0.379 e. The van der Waals surface area contributed by atoms with Gasteiger partial charge in [-0.25, -0.2) is 10.5 Å². The molecule has 0 aliphatic rings. The summed E-state index contributed by atoms with van der Waals surface area (Å²) in [5.74, 6) is -0.320. The van der Waals surface area contributed by atoms with Crippen molar-refractivity contribution in [3.8, 4) is 0 Å². The highest BCUT2D eigenvalue weighted by molar-refractivity contribution is 7.15. The number of carbonyl (C=O) groups excluding carboxylic acids is 1. The molecule has 0 atom stereocenters. The van der Waals surface area contributed by atoms with Gasteiger partial charge in [0, 0.05) is 17.3 Å². The van der Waals surface area contributed by atoms with Crippen LogP contribution < -0.4 is 10.8 Å². The summed E-state index contributed by atoms with van der Waals surface area (Å²) in [5.41, 5.74) is 5.48. The third-order valence-electron chi connectivity index (χ3n) is 4.18. The zero-order chi connectivity index (χ0) is 19.3. The molecule has 0 radical (unpaired) electrons. The first kappa shape index (κ1) is 18.5. The van der Waals surface area contributed by atoms with E-state index in [9.17, 15) is 4.79 Å². The molecule has 0 aliphatic carbocycles. The van der Waals surface area contributed by atoms with Crippen LogP contribution in [0.1, 0.15) is 21.6 Å². The van der Waals surface area contributed by atoms with Gasteiger partial charge in [0.1, 0.15) is 0 Å². The maximum atomic E-state index is 12.5. The molecule has 142 valence electrons. The van der Waals surface area contributed by atoms with Crippen molar-refractivity contribution in [3.05, 3.63) is 88.1 Å². The third-order valence-corrected chi connectivity index (χ3v) is 5.24. The zero-order valence-corrected chi connectivity index (χ0v) is 16.3. The number of benzene rings is 2. The van der Waals surface area contributed by atoms with Gasteiger partial charge in [0.2, 0.25) is 0 Å². The molecule has 0 saturated heterocycles. The number of aromatic nitrogens is 2. The SMILES string of the molecule is O=C(NOCc1ccccc1)c1ccccc1NCc1c(Cl)nc2sccn12. The van der Waals surface area contributed by atoms with Crippen LogP contribution in [0.25, 0.3) is 4.96 Å². The number of rotatable bonds is 7. The van der Waals surface area contributed by atoms with Crippen LogP contribution in [-0.2, 0) is 18.0 Å². The average Bonchev–Trinajstić information content (AvgIpc) is 3.28. The first-order valence-electron chi connectivity index (χ1n) is 8.61. The van der Waals surface area contributed by atoms with E-state index in [0.29, 0.717) is 29.6 Å². The van der Waals surface area contributed by atoms with Crippen molar-refractivity contribution in [2.45, 2.75) is 13.2 Å². The fourth-order valence-corrected chi connectivity index (χ4v) is 3.81. The first-order valence-corrected chi connectivity index (χ1v) is 9.87. The number of anilines is 1. The lowest BCUT2D eigenvalue weighted by atomic mass is 10.1. The normalized spacial score (nSPS) is 10.9. The first-order chi connectivity index (χ1) is 13.7. The van der Waals surface area contributed by atoms with Crippen molar-refractivity contribution >= 4 is 39.5 Å². The van der Waals surface area contributed by atoms with Crippen molar-refractivity contribution in [2.24, 2.45) is 0 Å². The van der Waals surface area contributed by atoms with Gasteiger partial charge in [0.25, 0.3) is 5.91 Å². The van der Waals surface area contributed by atoms with Gasteiger partial charge in [0.15, 0.2) is 10.1 Å². The van der Waals surface area contributed by atoms with E-state index in [1.165, 1.54) is 11.3 Å². The van der Waals surface area contributed by atoms with Gasteiger partial charge in [0.05, 0.1) is 24.4 Å². The van der Waals surface area contributed by atoms with E-state index in [4.69, 9.17) is 16.4 Å². The Hall–Kier alpha value is -2.87. The second kappa shape index (κ2) is 8.43. The lowest BCUT2D eigenvalue weighted by Gasteiger charge is -2.12. The number of nitrogens with one attached hydrogen (secondary N) is 2. The van der Waals surface area contributed by atoms with E-state index >= 15 is 0 Å². The van der Waals surface area contributed by atoms with Crippen LogP contribution >= 0.6 is 22.9 Å². The predicted octanol–water partition coefficient (Wildman–Crippen LogP) is 4.52. The fraction of sp³-hybridized carbons (Fsp3) is 0.100. The summed E-state index contributed by atoms with van der Waals surface area (Å²) in [5, 5.41) is 5.67. The summed E-state index contributed by atoms with van der Waals surface area (Å²) in [4.78, 5) is 23.0. The quantitative estimate of drug-likeness (QED) is 0.438. The highest BCUT2D eigenvalue weighted by Crippen LogP contribution is 2.23. The van der Waals surface area contributed by atoms with Crippen molar-refractivity contribution in [2.75, 3.05) is 5.32 Å². The summed E-state index contributed by atoms with van der Waals surface area (Å²) in [7, 11) is 0. The van der Waals surface area contributed by atoms with E-state index in [0.717, 1.165) is 16.2 Å². The van der Waals surface area contributed by atoms with Crippen LogP contribution in [0, 0.1) is 0 Å². The molecule has 2 aromatic heterocycles. The Morgan fingerprint density at radius 3 is 2.79 bits per heavy atom. The van der Waals surface area contributed by atoms with Crippen molar-refractivity contribution in [3.63, 3.8) is 0 Å². The molecule has 0 saturated carbocycles. The minimum absolute atomic E-state index is 0.295. The van der Waals surface area contributed by atoms with E-state index in [1.54, 1.807) is 12.1 Å². The summed E-state index contributed by atoms with van der Waals surface area (Å²) in [6, 6.07) is 16.9. The highest BCUT2D eigenvalue weighted by Gasteiger charge is 2.14. The lowest BCUT2D eigenvalue weighted by Crippen LogP contribution is -2.24. The summed E-state index contributed by atoms with van der Waals surface area (Å²) < 4.78 is 1.94. The third kappa shape index (κ3) is 4.01. The molecular formula is C20H17ClN4O2S. The number of hydrogen-bond donors (Lipinski definition) is 2. The Labute approximate surface area is 170 Å². The Morgan fingerprint density at radius 1 is 1.14 bits per heavy atom. The van der Waals surface area contributed by atoms with Crippen LogP contribution in [0.3, 0.4) is 0 Å². The molecule has 2 heterocycles. The number of carbonyl (C=O) groups is 1. The molecule has 4 rings (SSSR count). The minimum Gasteiger partial charge on any atom is -0.379 e. The van der Waals surface area contributed by atoms with Crippen molar-refractivity contribution in [1.82, 2.24) is 14.9 Å². The molecule has 2 N–H and O–H groups in total. The van der Waals surface area contributed by atoms with Gasteiger partial charge in [-0.15, -0.1) is 11.3 Å². The smallest absolute Gasteiger partial charge is 0.276 e. The summed E-state index contributed by atoms with van der Waals surface area (Å²) in [6.45, 7) is 0.732. The molecule has 1 amide bonds. The Kier molecular flexibility index (Phi) is 5.57. The number of hydroxylamine groups is 1. The molecule has 28 heavy (non-hydrogen) atoms. The zero-order valence-electron chi connectivity index (χ0n) is 14.8. The number of para-hydroxylation sites is 1. The topological polar surface area (TPSA) is 67.7 Å². The summed E-state index contributed by atoms with van der Waals surface area (Å²) in [6.07, 6.45) is 1.92. The number of halogens is 1. The molecule has 6 nitrogen and oxygen atoms in total. The number of fused-ring (bicyclic) bond motifs is 1. The van der Waals surface area contributed by atoms with Crippen LogP contribution in [0.5, 0.6) is 0 Å². The van der Waals surface area contributed by atoms with Gasteiger partial charge in [-0.3, -0.25) is 14.0 Å². The number of nitrogens with zero attached hydrogens (tertiary/aromatic N) is 2. The monoisotopic (exact) mass is 412 g/mol. The van der Waals surface area contributed by atoms with Gasteiger partial charge in [-0.05, 0) is 17.7 Å². The maximum Gasteiger partial charge on any atom is 0.276 e. The Bertz CT molecular complexity index is 1090. The fourth-order valence-electron chi connectivity index (χ4n) is 2.79. The molecule has 0 fully saturated rings. The summed E-state index contributed by atoms with van der Waals surface area (Å²) >= 11 is 7.76. The van der Waals surface area contributed by atoms with Gasteiger partial charge in [-0.2, -0.15) is 0 Å². The number of hydrogen-bond acceptors (Lipinski definition) is 5. The number of thiazole rings is 1. The molecule has 4 aromatic rings. The molecule has 0 unspecified atom stereocenters. The van der Waals surface area contributed by atoms with Crippen molar-refractivity contribution < 1.29 is 9.63 Å². The minimum atomic E-state index is -0.320. The maximum absolute atomic E-state index is 12.5. The number of amides is 1. The average molecular weight is 413 g/mol. The molecule has 0 bridgehead atoms. The van der Waals surface area contributed by atoms with E-state index in [2.05, 4.69) is 15.8 Å². The molecule has 2 aromatic carbocycles. The predicted molar refractivity (Wildman–Crippen MR) is 111 cm³/mol. The second-order valence-corrected chi connectivity index (χ2v) is 7.24. The van der Waals surface area contributed by atoms with Gasteiger partial charge >= 0.3 is 0 Å². The van der Waals surface area contributed by atoms with E-state index < -0.39 is 0 Å². The van der Waals surface area contributed by atoms with Crippen LogP contribution in [0.15, 0.2) is 66.2 Å². The molecular weight excluding hydrogens is 396 g/mol. The van der Waals surface area contributed by atoms with Gasteiger partial charge in [-0.1, -0.05) is 54.1 Å². The lowest BCUT2D eigenvalue weighted by molar-refractivity contribution is 0.0234. The molecule has 8 heteroatoms. The standard InChI is InChI=1S/C20H17ClN4O2S/c21-18-17(25-10-11-28-20(25)23-18)12-22-16-9-5-4-8-15(16)19(26)24-27-13-14-6-2-1-3-7-14/h1-11,22H,12-13H2,(H,24,26). The number of imidazole rings is 1. The molecule has 0 aliphatic heterocycles. The Morgan fingerprint density at radius 2 is 1.93 bits per heavy atom. The van der Waals surface area contributed by atoms with E-state index in [1.807, 2.05) is 58.4 Å².